The van der Waals surface area contributed by atoms with Crippen LogP contribution in [-0.2, 0) is 6.54 Å². The number of rotatable bonds is 5. The molecule has 0 spiro atoms. The zero-order valence-corrected chi connectivity index (χ0v) is 14.8. The van der Waals surface area contributed by atoms with Crippen LogP contribution in [0.2, 0.25) is 0 Å². The Bertz CT molecular complexity index is 824. The number of anilines is 1. The fourth-order valence-corrected chi connectivity index (χ4v) is 4.03. The second-order valence-corrected chi connectivity index (χ2v) is 7.55. The van der Waals surface area contributed by atoms with E-state index < -0.39 is 0 Å². The van der Waals surface area contributed by atoms with E-state index in [0.29, 0.717) is 11.4 Å². The summed E-state index contributed by atoms with van der Waals surface area (Å²) in [6, 6.07) is 4.22. The molecule has 1 amide bonds. The molecule has 3 aromatic rings. The molecule has 0 atom stereocenters. The molecule has 5 nitrogen and oxygen atoms in total. The minimum absolute atomic E-state index is 0.0512. The molecule has 0 aliphatic heterocycles. The molecule has 0 saturated carbocycles. The molecule has 0 fully saturated rings. The number of carbonyl (C=O) groups excluding carboxylic acids is 1. The first-order valence-corrected chi connectivity index (χ1v) is 9.07. The summed E-state index contributed by atoms with van der Waals surface area (Å²) in [5, 5.41) is 9.28. The minimum atomic E-state index is -0.0512. The highest BCUT2D eigenvalue weighted by molar-refractivity contribution is 7.20. The SMILES string of the molecule is Cc1c(C(=O)NC(C)C)sc2ncnc(NCc3cccs3)c12. The van der Waals surface area contributed by atoms with Gasteiger partial charge in [-0.15, -0.1) is 22.7 Å². The van der Waals surface area contributed by atoms with Crippen molar-refractivity contribution in [1.82, 2.24) is 15.3 Å². The lowest BCUT2D eigenvalue weighted by Crippen LogP contribution is -2.29. The monoisotopic (exact) mass is 346 g/mol. The quantitative estimate of drug-likeness (QED) is 0.737. The lowest BCUT2D eigenvalue weighted by atomic mass is 10.2. The van der Waals surface area contributed by atoms with Gasteiger partial charge in [-0.05, 0) is 37.8 Å². The summed E-state index contributed by atoms with van der Waals surface area (Å²) in [5.74, 6) is 0.727. The Morgan fingerprint density at radius 1 is 1.35 bits per heavy atom. The van der Waals surface area contributed by atoms with Crippen molar-refractivity contribution in [2.24, 2.45) is 0 Å². The van der Waals surface area contributed by atoms with Gasteiger partial charge in [-0.1, -0.05) is 6.07 Å². The highest BCUT2D eigenvalue weighted by Crippen LogP contribution is 2.33. The zero-order valence-electron chi connectivity index (χ0n) is 13.2. The number of hydrogen-bond donors (Lipinski definition) is 2. The van der Waals surface area contributed by atoms with Crippen LogP contribution >= 0.6 is 22.7 Å². The molecular formula is C16H18N4OS2. The molecule has 0 aliphatic carbocycles. The van der Waals surface area contributed by atoms with Crippen molar-refractivity contribution in [2.45, 2.75) is 33.4 Å². The van der Waals surface area contributed by atoms with Gasteiger partial charge in [-0.3, -0.25) is 4.79 Å². The van der Waals surface area contributed by atoms with E-state index in [1.807, 2.05) is 26.8 Å². The van der Waals surface area contributed by atoms with Crippen LogP contribution in [0.5, 0.6) is 0 Å². The average Bonchev–Trinajstić information content (AvgIpc) is 3.13. The van der Waals surface area contributed by atoms with Gasteiger partial charge in [0.1, 0.15) is 17.0 Å². The molecule has 0 saturated heterocycles. The predicted octanol–water partition coefficient (Wildman–Crippen LogP) is 3.81. The van der Waals surface area contributed by atoms with E-state index in [4.69, 9.17) is 0 Å². The molecular weight excluding hydrogens is 328 g/mol. The first-order valence-electron chi connectivity index (χ1n) is 7.37. The first-order chi connectivity index (χ1) is 11.1. The normalized spacial score (nSPS) is 11.1. The van der Waals surface area contributed by atoms with Crippen molar-refractivity contribution < 1.29 is 4.79 Å². The molecule has 0 bridgehead atoms. The van der Waals surface area contributed by atoms with Crippen LogP contribution in [0, 0.1) is 6.92 Å². The average molecular weight is 346 g/mol. The smallest absolute Gasteiger partial charge is 0.261 e. The van der Waals surface area contributed by atoms with E-state index in [9.17, 15) is 4.79 Å². The molecule has 0 radical (unpaired) electrons. The van der Waals surface area contributed by atoms with E-state index in [1.165, 1.54) is 16.2 Å². The van der Waals surface area contributed by atoms with Gasteiger partial charge in [0.05, 0.1) is 16.8 Å². The van der Waals surface area contributed by atoms with E-state index in [0.717, 1.165) is 21.6 Å². The van der Waals surface area contributed by atoms with Crippen LogP contribution < -0.4 is 10.6 Å². The molecule has 0 unspecified atom stereocenters. The summed E-state index contributed by atoms with van der Waals surface area (Å²) >= 11 is 3.11. The van der Waals surface area contributed by atoms with Crippen LogP contribution in [-0.4, -0.2) is 21.9 Å². The Balaban J connectivity index is 1.93. The molecule has 7 heteroatoms. The van der Waals surface area contributed by atoms with Crippen molar-refractivity contribution in [3.05, 3.63) is 39.2 Å². The van der Waals surface area contributed by atoms with Crippen LogP contribution in [0.4, 0.5) is 5.82 Å². The molecule has 2 N–H and O–H groups in total. The number of nitrogens with zero attached hydrogens (tertiary/aromatic N) is 2. The van der Waals surface area contributed by atoms with E-state index in [2.05, 4.69) is 32.0 Å². The van der Waals surface area contributed by atoms with Crippen LogP contribution in [0.3, 0.4) is 0 Å². The van der Waals surface area contributed by atoms with Gasteiger partial charge in [0.2, 0.25) is 0 Å². The third-order valence-electron chi connectivity index (χ3n) is 3.36. The summed E-state index contributed by atoms with van der Waals surface area (Å²) in [6.45, 7) is 6.57. The third kappa shape index (κ3) is 3.35. The fraction of sp³-hybridized carbons (Fsp3) is 0.312. The van der Waals surface area contributed by atoms with E-state index in [1.54, 1.807) is 17.7 Å². The van der Waals surface area contributed by atoms with E-state index in [-0.39, 0.29) is 11.9 Å². The lowest BCUT2D eigenvalue weighted by Gasteiger charge is -2.08. The number of carbonyl (C=O) groups is 1. The molecule has 120 valence electrons. The number of fused-ring (bicyclic) bond motifs is 1. The molecule has 0 aliphatic rings. The number of hydrogen-bond acceptors (Lipinski definition) is 6. The number of nitrogens with one attached hydrogen (secondary N) is 2. The molecule has 3 heterocycles. The van der Waals surface area contributed by atoms with Gasteiger partial charge in [0.25, 0.3) is 5.91 Å². The lowest BCUT2D eigenvalue weighted by molar-refractivity contribution is 0.0947. The summed E-state index contributed by atoms with van der Waals surface area (Å²) < 4.78 is 0. The maximum absolute atomic E-state index is 12.3. The first kappa shape index (κ1) is 15.9. The largest absolute Gasteiger partial charge is 0.365 e. The topological polar surface area (TPSA) is 66.9 Å². The Morgan fingerprint density at radius 3 is 2.87 bits per heavy atom. The maximum Gasteiger partial charge on any atom is 0.261 e. The second kappa shape index (κ2) is 6.64. The molecule has 23 heavy (non-hydrogen) atoms. The Hall–Kier alpha value is -1.99. The van der Waals surface area contributed by atoms with Crippen molar-refractivity contribution in [3.63, 3.8) is 0 Å². The molecule has 3 rings (SSSR count). The predicted molar refractivity (Wildman–Crippen MR) is 96.4 cm³/mol. The summed E-state index contributed by atoms with van der Waals surface area (Å²) in [6.07, 6.45) is 1.54. The van der Waals surface area contributed by atoms with Gasteiger partial charge < -0.3 is 10.6 Å². The number of aryl methyl sites for hydroxylation is 1. The van der Waals surface area contributed by atoms with Crippen LogP contribution in [0.15, 0.2) is 23.8 Å². The highest BCUT2D eigenvalue weighted by Gasteiger charge is 2.19. The summed E-state index contributed by atoms with van der Waals surface area (Å²) in [4.78, 5) is 23.8. The number of amides is 1. The molecule has 3 aromatic heterocycles. The third-order valence-corrected chi connectivity index (χ3v) is 5.44. The second-order valence-electron chi connectivity index (χ2n) is 5.52. The van der Waals surface area contributed by atoms with Gasteiger partial charge >= 0.3 is 0 Å². The number of thiophene rings is 2. The Kier molecular flexibility index (Phi) is 4.58. The zero-order chi connectivity index (χ0) is 16.4. The van der Waals surface area contributed by atoms with E-state index >= 15 is 0 Å². The summed E-state index contributed by atoms with van der Waals surface area (Å²) in [5.41, 5.74) is 0.928. The summed E-state index contributed by atoms with van der Waals surface area (Å²) in [7, 11) is 0. The van der Waals surface area contributed by atoms with Crippen molar-refractivity contribution >= 4 is 44.6 Å². The van der Waals surface area contributed by atoms with Gasteiger partial charge in [0, 0.05) is 10.9 Å². The molecule has 0 aromatic carbocycles. The van der Waals surface area contributed by atoms with Crippen molar-refractivity contribution in [2.75, 3.05) is 5.32 Å². The van der Waals surface area contributed by atoms with Crippen molar-refractivity contribution in [3.8, 4) is 0 Å². The van der Waals surface area contributed by atoms with Crippen LogP contribution in [0.25, 0.3) is 10.2 Å². The van der Waals surface area contributed by atoms with Gasteiger partial charge in [0.15, 0.2) is 0 Å². The maximum atomic E-state index is 12.3. The number of aromatic nitrogens is 2. The minimum Gasteiger partial charge on any atom is -0.365 e. The van der Waals surface area contributed by atoms with Crippen molar-refractivity contribution in [1.29, 1.82) is 0 Å². The van der Waals surface area contributed by atoms with Gasteiger partial charge in [-0.25, -0.2) is 9.97 Å². The Morgan fingerprint density at radius 2 is 2.17 bits per heavy atom. The van der Waals surface area contributed by atoms with Crippen LogP contribution in [0.1, 0.15) is 34.0 Å². The Labute approximate surface area is 142 Å². The standard InChI is InChI=1S/C16H18N4OS2/c1-9(2)20-15(21)13-10(3)12-14(18-8-19-16(12)23-13)17-7-11-5-4-6-22-11/h4-6,8-9H,7H2,1-3H3,(H,20,21)(H,17,18,19). The fourth-order valence-electron chi connectivity index (χ4n) is 2.33. The van der Waals surface area contributed by atoms with Gasteiger partial charge in [-0.2, -0.15) is 0 Å². The highest BCUT2D eigenvalue weighted by atomic mass is 32.1.